The van der Waals surface area contributed by atoms with Crippen LogP contribution in [0.2, 0.25) is 0 Å². The molecule has 68 valence electrons. The number of fused-ring (bicyclic) bond motifs is 1. The quantitative estimate of drug-likeness (QED) is 0.719. The van der Waals surface area contributed by atoms with Gasteiger partial charge in [-0.3, -0.25) is 0 Å². The lowest BCUT2D eigenvalue weighted by molar-refractivity contribution is 0.901. The van der Waals surface area contributed by atoms with Crippen LogP contribution in [0.4, 0.5) is 5.69 Å². The first-order valence-electron chi connectivity index (χ1n) is 4.60. The van der Waals surface area contributed by atoms with Crippen molar-refractivity contribution in [3.05, 3.63) is 30.5 Å². The van der Waals surface area contributed by atoms with Gasteiger partial charge in [0.15, 0.2) is 0 Å². The first-order chi connectivity index (χ1) is 6.27. The van der Waals surface area contributed by atoms with Crippen molar-refractivity contribution in [2.24, 2.45) is 0 Å². The number of aromatic amines is 1. The SMILES string of the molecule is CC(C)Nc1c[nH]c2ccccc12. The zero-order chi connectivity index (χ0) is 9.26. The molecule has 0 spiro atoms. The molecule has 0 unspecified atom stereocenters. The van der Waals surface area contributed by atoms with Crippen LogP contribution in [0.1, 0.15) is 13.8 Å². The lowest BCUT2D eigenvalue weighted by atomic mass is 10.2. The minimum atomic E-state index is 0.471. The number of para-hydroxylation sites is 1. The van der Waals surface area contributed by atoms with E-state index in [1.807, 2.05) is 12.3 Å². The van der Waals surface area contributed by atoms with Gasteiger partial charge in [0.05, 0.1) is 5.69 Å². The highest BCUT2D eigenvalue weighted by molar-refractivity contribution is 5.92. The van der Waals surface area contributed by atoms with Crippen molar-refractivity contribution in [2.45, 2.75) is 19.9 Å². The molecule has 0 atom stereocenters. The number of H-pyrrole nitrogens is 1. The number of benzene rings is 1. The van der Waals surface area contributed by atoms with Gasteiger partial charge in [-0.05, 0) is 19.9 Å². The van der Waals surface area contributed by atoms with E-state index in [1.54, 1.807) is 0 Å². The van der Waals surface area contributed by atoms with Crippen molar-refractivity contribution in [1.29, 1.82) is 0 Å². The Morgan fingerprint density at radius 3 is 2.77 bits per heavy atom. The van der Waals surface area contributed by atoms with Gasteiger partial charge < -0.3 is 10.3 Å². The summed E-state index contributed by atoms with van der Waals surface area (Å²) in [6, 6.07) is 8.77. The van der Waals surface area contributed by atoms with Crippen molar-refractivity contribution >= 4 is 16.6 Å². The van der Waals surface area contributed by atoms with Gasteiger partial charge in [0.1, 0.15) is 0 Å². The zero-order valence-corrected chi connectivity index (χ0v) is 7.96. The molecule has 0 bridgehead atoms. The minimum absolute atomic E-state index is 0.471. The largest absolute Gasteiger partial charge is 0.381 e. The number of hydrogen-bond acceptors (Lipinski definition) is 1. The normalized spacial score (nSPS) is 11.0. The molecule has 0 fully saturated rings. The maximum absolute atomic E-state index is 3.40. The number of hydrogen-bond donors (Lipinski definition) is 2. The molecule has 0 aliphatic rings. The fourth-order valence-corrected chi connectivity index (χ4v) is 1.50. The third-order valence-electron chi connectivity index (χ3n) is 2.03. The molecule has 0 radical (unpaired) electrons. The summed E-state index contributed by atoms with van der Waals surface area (Å²) in [6.45, 7) is 4.28. The van der Waals surface area contributed by atoms with Crippen molar-refractivity contribution < 1.29 is 0 Å². The van der Waals surface area contributed by atoms with Crippen LogP contribution in [0.15, 0.2) is 30.5 Å². The van der Waals surface area contributed by atoms with E-state index < -0.39 is 0 Å². The summed E-state index contributed by atoms with van der Waals surface area (Å²) in [5.74, 6) is 0. The summed E-state index contributed by atoms with van der Waals surface area (Å²) in [7, 11) is 0. The van der Waals surface area contributed by atoms with Crippen LogP contribution in [-0.4, -0.2) is 11.0 Å². The molecule has 2 rings (SSSR count). The number of rotatable bonds is 2. The van der Waals surface area contributed by atoms with Gasteiger partial charge in [0.25, 0.3) is 0 Å². The molecule has 2 aromatic rings. The Balaban J connectivity index is 2.46. The van der Waals surface area contributed by atoms with Crippen molar-refractivity contribution in [3.63, 3.8) is 0 Å². The predicted molar refractivity (Wildman–Crippen MR) is 57.1 cm³/mol. The van der Waals surface area contributed by atoms with Crippen LogP contribution >= 0.6 is 0 Å². The van der Waals surface area contributed by atoms with Gasteiger partial charge in [0, 0.05) is 23.1 Å². The summed E-state index contributed by atoms with van der Waals surface area (Å²) in [5, 5.41) is 4.66. The Bertz CT molecular complexity index is 401. The van der Waals surface area contributed by atoms with E-state index in [0.717, 1.165) is 0 Å². The number of nitrogens with one attached hydrogen (secondary N) is 2. The van der Waals surface area contributed by atoms with Gasteiger partial charge >= 0.3 is 0 Å². The smallest absolute Gasteiger partial charge is 0.0599 e. The highest BCUT2D eigenvalue weighted by Crippen LogP contribution is 2.22. The molecule has 13 heavy (non-hydrogen) atoms. The Hall–Kier alpha value is -1.44. The molecule has 2 heteroatoms. The van der Waals surface area contributed by atoms with Crippen LogP contribution in [0.3, 0.4) is 0 Å². The molecular formula is C11H14N2. The molecule has 0 amide bonds. The predicted octanol–water partition coefficient (Wildman–Crippen LogP) is 2.99. The summed E-state index contributed by atoms with van der Waals surface area (Å²) in [5.41, 5.74) is 2.37. The van der Waals surface area contributed by atoms with Gasteiger partial charge in [-0.15, -0.1) is 0 Å². The second kappa shape index (κ2) is 3.13. The molecule has 1 heterocycles. The maximum atomic E-state index is 3.40. The van der Waals surface area contributed by atoms with Crippen LogP contribution < -0.4 is 5.32 Å². The average Bonchev–Trinajstić information content (AvgIpc) is 2.48. The molecule has 1 aromatic heterocycles. The van der Waals surface area contributed by atoms with E-state index in [0.29, 0.717) is 6.04 Å². The molecule has 1 aromatic carbocycles. The molecule has 2 N–H and O–H groups in total. The monoisotopic (exact) mass is 174 g/mol. The number of aromatic nitrogens is 1. The van der Waals surface area contributed by atoms with E-state index in [9.17, 15) is 0 Å². The molecule has 0 aliphatic heterocycles. The van der Waals surface area contributed by atoms with Crippen LogP contribution in [0, 0.1) is 0 Å². The highest BCUT2D eigenvalue weighted by atomic mass is 14.9. The molecular weight excluding hydrogens is 160 g/mol. The third kappa shape index (κ3) is 1.52. The fourth-order valence-electron chi connectivity index (χ4n) is 1.50. The summed E-state index contributed by atoms with van der Waals surface area (Å²) < 4.78 is 0. The van der Waals surface area contributed by atoms with E-state index in [2.05, 4.69) is 42.3 Å². The zero-order valence-electron chi connectivity index (χ0n) is 7.96. The van der Waals surface area contributed by atoms with Gasteiger partial charge in [-0.2, -0.15) is 0 Å². The van der Waals surface area contributed by atoms with Gasteiger partial charge in [0.2, 0.25) is 0 Å². The van der Waals surface area contributed by atoms with E-state index in [-0.39, 0.29) is 0 Å². The third-order valence-corrected chi connectivity index (χ3v) is 2.03. The van der Waals surface area contributed by atoms with Crippen molar-refractivity contribution in [3.8, 4) is 0 Å². The van der Waals surface area contributed by atoms with Crippen molar-refractivity contribution in [1.82, 2.24) is 4.98 Å². The Morgan fingerprint density at radius 1 is 1.23 bits per heavy atom. The summed E-state index contributed by atoms with van der Waals surface area (Å²) in [6.07, 6.45) is 2.02. The van der Waals surface area contributed by atoms with E-state index in [1.165, 1.54) is 16.6 Å². The molecule has 0 saturated heterocycles. The summed E-state index contributed by atoms with van der Waals surface area (Å²) in [4.78, 5) is 3.23. The topological polar surface area (TPSA) is 27.8 Å². The highest BCUT2D eigenvalue weighted by Gasteiger charge is 2.02. The standard InChI is InChI=1S/C11H14N2/c1-8(2)13-11-7-12-10-6-4-3-5-9(10)11/h3-8,12-13H,1-2H3. The van der Waals surface area contributed by atoms with Crippen LogP contribution in [0.5, 0.6) is 0 Å². The first-order valence-corrected chi connectivity index (χ1v) is 4.60. The molecule has 0 aliphatic carbocycles. The summed E-state index contributed by atoms with van der Waals surface area (Å²) >= 11 is 0. The second-order valence-electron chi connectivity index (χ2n) is 3.55. The lowest BCUT2D eigenvalue weighted by Crippen LogP contribution is -2.08. The number of anilines is 1. The molecule has 2 nitrogen and oxygen atoms in total. The van der Waals surface area contributed by atoms with Crippen molar-refractivity contribution in [2.75, 3.05) is 5.32 Å². The first kappa shape index (κ1) is 8.17. The maximum Gasteiger partial charge on any atom is 0.0599 e. The van der Waals surface area contributed by atoms with Crippen LogP contribution in [-0.2, 0) is 0 Å². The van der Waals surface area contributed by atoms with E-state index >= 15 is 0 Å². The Morgan fingerprint density at radius 2 is 2.00 bits per heavy atom. The van der Waals surface area contributed by atoms with Gasteiger partial charge in [-0.25, -0.2) is 0 Å². The Kier molecular flexibility index (Phi) is 1.97. The van der Waals surface area contributed by atoms with Crippen LogP contribution in [0.25, 0.3) is 10.9 Å². The second-order valence-corrected chi connectivity index (χ2v) is 3.55. The van der Waals surface area contributed by atoms with Gasteiger partial charge in [-0.1, -0.05) is 18.2 Å². The Labute approximate surface area is 78.0 Å². The minimum Gasteiger partial charge on any atom is -0.381 e. The lowest BCUT2D eigenvalue weighted by Gasteiger charge is -2.07. The fraction of sp³-hybridized carbons (Fsp3) is 0.273. The molecule has 0 saturated carbocycles. The van der Waals surface area contributed by atoms with E-state index in [4.69, 9.17) is 0 Å². The average molecular weight is 174 g/mol.